The van der Waals surface area contributed by atoms with Gasteiger partial charge in [-0.05, 0) is 12.1 Å². The fourth-order valence-corrected chi connectivity index (χ4v) is 2.34. The van der Waals surface area contributed by atoms with E-state index in [2.05, 4.69) is 12.0 Å². The summed E-state index contributed by atoms with van der Waals surface area (Å²) < 4.78 is 5.80. The van der Waals surface area contributed by atoms with Gasteiger partial charge < -0.3 is 9.32 Å². The topological polar surface area (TPSA) is 30.5 Å². The summed E-state index contributed by atoms with van der Waals surface area (Å²) in [6.45, 7) is 2.23. The number of nitrogens with zero attached hydrogens (tertiary/aromatic N) is 1. The zero-order valence-corrected chi connectivity index (χ0v) is 9.28. The van der Waals surface area contributed by atoms with E-state index >= 15 is 0 Å². The average molecular weight is 216 g/mol. The molecule has 1 N–H and O–H groups in total. The number of para-hydroxylation sites is 2. The van der Waals surface area contributed by atoms with E-state index in [1.165, 1.54) is 4.90 Å². The lowest BCUT2D eigenvalue weighted by atomic mass is 9.97. The molecule has 3 rings (SSSR count). The Morgan fingerprint density at radius 2 is 2.00 bits per heavy atom. The molecule has 2 aromatic rings. The van der Waals surface area contributed by atoms with Gasteiger partial charge in [0.2, 0.25) is 0 Å². The lowest BCUT2D eigenvalue weighted by Gasteiger charge is -2.29. The molecule has 1 aliphatic rings. The summed E-state index contributed by atoms with van der Waals surface area (Å²) in [6.07, 6.45) is 2.26. The van der Waals surface area contributed by atoms with Crippen LogP contribution in [0.1, 0.15) is 24.7 Å². The third kappa shape index (κ3) is 1.71. The van der Waals surface area contributed by atoms with Gasteiger partial charge in [-0.1, -0.05) is 12.1 Å². The molecule has 1 aliphatic heterocycles. The number of nitrogens with one attached hydrogen (secondary N) is 1. The van der Waals surface area contributed by atoms with Gasteiger partial charge in [0.15, 0.2) is 11.5 Å². The van der Waals surface area contributed by atoms with Gasteiger partial charge in [-0.3, -0.25) is 0 Å². The van der Waals surface area contributed by atoms with E-state index in [-0.39, 0.29) is 0 Å². The highest BCUT2D eigenvalue weighted by atomic mass is 16.3. The van der Waals surface area contributed by atoms with Crippen LogP contribution in [0, 0.1) is 7.05 Å². The van der Waals surface area contributed by atoms with Gasteiger partial charge in [-0.2, -0.15) is 7.05 Å². The molecule has 84 valence electrons. The van der Waals surface area contributed by atoms with Crippen molar-refractivity contribution in [1.82, 2.24) is 4.98 Å². The van der Waals surface area contributed by atoms with E-state index in [1.54, 1.807) is 0 Å². The molecule has 2 heterocycles. The highest BCUT2D eigenvalue weighted by Crippen LogP contribution is 2.26. The van der Waals surface area contributed by atoms with Crippen LogP contribution in [0.15, 0.2) is 28.7 Å². The summed E-state index contributed by atoms with van der Waals surface area (Å²) in [5.74, 6) is 1.40. The van der Waals surface area contributed by atoms with Crippen LogP contribution in [0.2, 0.25) is 0 Å². The molecule has 0 atom stereocenters. The van der Waals surface area contributed by atoms with Crippen LogP contribution in [0.25, 0.3) is 11.1 Å². The largest absolute Gasteiger partial charge is 0.468 e. The van der Waals surface area contributed by atoms with Gasteiger partial charge in [0.1, 0.15) is 5.52 Å². The molecule has 1 aromatic heterocycles. The van der Waals surface area contributed by atoms with Crippen molar-refractivity contribution < 1.29 is 9.32 Å². The molecule has 0 saturated carbocycles. The summed E-state index contributed by atoms with van der Waals surface area (Å²) >= 11 is 0. The van der Waals surface area contributed by atoms with Gasteiger partial charge in [0.05, 0.1) is 13.1 Å². The molecule has 1 fully saturated rings. The summed E-state index contributed by atoms with van der Waals surface area (Å²) in [5.41, 5.74) is 1.88. The molecule has 1 aromatic carbocycles. The fourth-order valence-electron chi connectivity index (χ4n) is 2.34. The summed E-state index contributed by atoms with van der Waals surface area (Å²) in [6, 6.07) is 7.97. The highest BCUT2D eigenvalue weighted by Gasteiger charge is 2.23. The normalized spacial score (nSPS) is 26.1. The van der Waals surface area contributed by atoms with Crippen molar-refractivity contribution in [1.29, 1.82) is 0 Å². The first kappa shape index (κ1) is 9.85. The molecule has 3 heteroatoms. The standard InChI is InChI=1S/C13H16N2O/c1-15-8-6-10(7-9-15)13-14-11-4-2-3-5-12(11)16-13/h2-5,10,15H,1,6-9H2. The molecule has 0 spiro atoms. The number of oxazole rings is 1. The quantitative estimate of drug-likeness (QED) is 0.730. The molecular weight excluding hydrogens is 200 g/mol. The van der Waals surface area contributed by atoms with Gasteiger partial charge in [0.25, 0.3) is 0 Å². The average Bonchev–Trinajstić information content (AvgIpc) is 2.73. The maximum atomic E-state index is 5.80. The molecule has 0 radical (unpaired) electrons. The predicted octanol–water partition coefficient (Wildman–Crippen LogP) is 1.38. The monoisotopic (exact) mass is 216 g/mol. The molecular formula is C13H16N2O. The minimum atomic E-state index is 0.484. The first-order valence-electron chi connectivity index (χ1n) is 5.85. The summed E-state index contributed by atoms with van der Waals surface area (Å²) in [4.78, 5) is 5.93. The van der Waals surface area contributed by atoms with Crippen LogP contribution in [0.5, 0.6) is 0 Å². The van der Waals surface area contributed by atoms with E-state index in [1.807, 2.05) is 24.3 Å². The van der Waals surface area contributed by atoms with Crippen molar-refractivity contribution in [3.63, 3.8) is 0 Å². The molecule has 0 unspecified atom stereocenters. The third-order valence-electron chi connectivity index (χ3n) is 3.35. The predicted molar refractivity (Wildman–Crippen MR) is 62.0 cm³/mol. The number of quaternary nitrogens is 1. The lowest BCUT2D eigenvalue weighted by molar-refractivity contribution is -0.859. The molecule has 3 nitrogen and oxygen atoms in total. The van der Waals surface area contributed by atoms with Crippen LogP contribution in [-0.4, -0.2) is 18.1 Å². The van der Waals surface area contributed by atoms with Gasteiger partial charge >= 0.3 is 0 Å². The molecule has 0 aliphatic carbocycles. The molecule has 0 amide bonds. The molecule has 16 heavy (non-hydrogen) atoms. The van der Waals surface area contributed by atoms with Crippen LogP contribution in [0.3, 0.4) is 0 Å². The first-order valence-corrected chi connectivity index (χ1v) is 5.85. The van der Waals surface area contributed by atoms with Gasteiger partial charge in [0, 0.05) is 18.8 Å². The Morgan fingerprint density at radius 3 is 2.75 bits per heavy atom. The Labute approximate surface area is 95.1 Å². The summed E-state index contributed by atoms with van der Waals surface area (Å²) in [7, 11) is 4.03. The highest BCUT2D eigenvalue weighted by molar-refractivity contribution is 5.72. The number of hydrogen-bond donors (Lipinski definition) is 1. The Morgan fingerprint density at radius 1 is 1.25 bits per heavy atom. The van der Waals surface area contributed by atoms with E-state index in [0.717, 1.165) is 42.9 Å². The SMILES string of the molecule is [CH2-][NH+]1CCC(c2nc3ccccc3o2)CC1. The number of rotatable bonds is 1. The van der Waals surface area contributed by atoms with Crippen molar-refractivity contribution in [2.45, 2.75) is 18.8 Å². The van der Waals surface area contributed by atoms with Crippen LogP contribution in [0.4, 0.5) is 0 Å². The van der Waals surface area contributed by atoms with Crippen molar-refractivity contribution >= 4 is 11.1 Å². The van der Waals surface area contributed by atoms with Crippen molar-refractivity contribution in [2.24, 2.45) is 0 Å². The van der Waals surface area contributed by atoms with Gasteiger partial charge in [-0.25, -0.2) is 4.98 Å². The third-order valence-corrected chi connectivity index (χ3v) is 3.35. The second-order valence-corrected chi connectivity index (χ2v) is 4.54. The fraction of sp³-hybridized carbons (Fsp3) is 0.385. The zero-order valence-electron chi connectivity index (χ0n) is 9.28. The number of likely N-dealkylation sites (tertiary alicyclic amines) is 1. The number of benzene rings is 1. The minimum absolute atomic E-state index is 0.484. The van der Waals surface area contributed by atoms with E-state index in [0.29, 0.717) is 5.92 Å². The number of aromatic nitrogens is 1. The summed E-state index contributed by atoms with van der Waals surface area (Å²) in [5, 5.41) is 0. The lowest BCUT2D eigenvalue weighted by Crippen LogP contribution is -3.07. The van der Waals surface area contributed by atoms with Crippen molar-refractivity contribution in [3.05, 3.63) is 37.2 Å². The smallest absolute Gasteiger partial charge is 0.199 e. The van der Waals surface area contributed by atoms with Crippen molar-refractivity contribution in [2.75, 3.05) is 13.1 Å². The second kappa shape index (κ2) is 3.91. The second-order valence-electron chi connectivity index (χ2n) is 4.54. The zero-order chi connectivity index (χ0) is 11.0. The van der Waals surface area contributed by atoms with Crippen LogP contribution < -0.4 is 4.90 Å². The van der Waals surface area contributed by atoms with E-state index in [9.17, 15) is 0 Å². The van der Waals surface area contributed by atoms with Crippen LogP contribution in [-0.2, 0) is 0 Å². The van der Waals surface area contributed by atoms with E-state index < -0.39 is 0 Å². The Balaban J connectivity index is 1.88. The Kier molecular flexibility index (Phi) is 2.40. The number of piperidine rings is 1. The van der Waals surface area contributed by atoms with Gasteiger partial charge in [-0.15, -0.1) is 0 Å². The van der Waals surface area contributed by atoms with E-state index in [4.69, 9.17) is 4.42 Å². The first-order chi connectivity index (χ1) is 7.83. The minimum Gasteiger partial charge on any atom is -0.468 e. The van der Waals surface area contributed by atoms with Crippen LogP contribution >= 0.6 is 0 Å². The maximum Gasteiger partial charge on any atom is 0.199 e. The number of fused-ring (bicyclic) bond motifs is 1. The molecule has 1 saturated heterocycles. The molecule has 0 bridgehead atoms. The Bertz CT molecular complexity index is 450. The number of hydrogen-bond acceptors (Lipinski definition) is 2. The van der Waals surface area contributed by atoms with Crippen molar-refractivity contribution in [3.8, 4) is 0 Å². The maximum absolute atomic E-state index is 5.80. The Hall–Kier alpha value is -1.35.